The number of aryl methyl sites for hydroxylation is 2. The van der Waals surface area contributed by atoms with E-state index in [0.29, 0.717) is 0 Å². The zero-order chi connectivity index (χ0) is 49.3. The molecular weight excluding hydrogens is 869 g/mol. The largest absolute Gasteiger partial charge is 0.334 e. The molecule has 13 rings (SSSR count). The van der Waals surface area contributed by atoms with Gasteiger partial charge in [-0.3, -0.25) is 0 Å². The van der Waals surface area contributed by atoms with Crippen molar-refractivity contribution in [2.24, 2.45) is 0 Å². The first-order valence-electron chi connectivity index (χ1n) is 27.0. The zero-order valence-electron chi connectivity index (χ0n) is 43.7. The van der Waals surface area contributed by atoms with Crippen molar-refractivity contribution in [3.8, 4) is 44.5 Å². The predicted molar refractivity (Wildman–Crippen MR) is 308 cm³/mol. The van der Waals surface area contributed by atoms with Gasteiger partial charge in [0.2, 0.25) is 0 Å². The first-order valence-corrected chi connectivity index (χ1v) is 27.0. The fourth-order valence-corrected chi connectivity index (χ4v) is 15.7. The van der Waals surface area contributed by atoms with Crippen molar-refractivity contribution in [3.05, 3.63) is 203 Å². The molecule has 2 saturated carbocycles. The third kappa shape index (κ3) is 6.14. The van der Waals surface area contributed by atoms with Crippen LogP contribution in [0.5, 0.6) is 0 Å². The smallest absolute Gasteiger partial charge is 0.0518 e. The molecule has 4 aliphatic rings. The molecule has 2 heterocycles. The second-order valence-corrected chi connectivity index (χ2v) is 23.2. The van der Waals surface area contributed by atoms with Gasteiger partial charge >= 0.3 is 0 Å². The van der Waals surface area contributed by atoms with Crippen LogP contribution in [0.4, 0.5) is 22.7 Å². The molecule has 0 N–H and O–H groups in total. The molecule has 9 aromatic carbocycles. The first-order chi connectivity index (χ1) is 34.9. The Bertz CT molecular complexity index is 3630. The lowest BCUT2D eigenvalue weighted by Crippen LogP contribution is -2.54. The van der Waals surface area contributed by atoms with Crippen LogP contribution in [0.25, 0.3) is 66.1 Å². The van der Waals surface area contributed by atoms with Gasteiger partial charge in [-0.15, -0.1) is 0 Å². The predicted octanol–water partition coefficient (Wildman–Crippen LogP) is 19.4. The molecule has 0 spiro atoms. The van der Waals surface area contributed by atoms with E-state index in [2.05, 4.69) is 235 Å². The van der Waals surface area contributed by atoms with Crippen LogP contribution < -0.4 is 9.80 Å². The number of anilines is 4. The summed E-state index contributed by atoms with van der Waals surface area (Å²) in [6.07, 6.45) is 9.85. The lowest BCUT2D eigenvalue weighted by atomic mass is 9.60. The van der Waals surface area contributed by atoms with Crippen LogP contribution in [0.15, 0.2) is 170 Å². The van der Waals surface area contributed by atoms with Crippen LogP contribution in [0.2, 0.25) is 0 Å². The average Bonchev–Trinajstić information content (AvgIpc) is 3.77. The molecule has 2 nitrogen and oxygen atoms in total. The van der Waals surface area contributed by atoms with Gasteiger partial charge in [0, 0.05) is 33.6 Å². The second-order valence-electron chi connectivity index (χ2n) is 23.2. The normalized spacial score (nSPS) is 23.3. The Kier molecular flexibility index (Phi) is 10.2. The van der Waals surface area contributed by atoms with Gasteiger partial charge in [-0.05, 0) is 209 Å². The highest BCUT2D eigenvalue weighted by atomic mass is 15.3. The summed E-state index contributed by atoms with van der Waals surface area (Å²) in [7, 11) is 0. The van der Waals surface area contributed by atoms with Gasteiger partial charge in [-0.2, -0.15) is 0 Å². The maximum absolute atomic E-state index is 2.76. The topological polar surface area (TPSA) is 6.48 Å². The molecule has 2 aliphatic carbocycles. The zero-order valence-corrected chi connectivity index (χ0v) is 43.7. The number of hydrogen-bond acceptors (Lipinski definition) is 2. The molecule has 9 aromatic rings. The van der Waals surface area contributed by atoms with Gasteiger partial charge in [0.05, 0.1) is 11.1 Å². The minimum Gasteiger partial charge on any atom is -0.334 e. The quantitative estimate of drug-likeness (QED) is 0.153. The van der Waals surface area contributed by atoms with Crippen LogP contribution in [0.1, 0.15) is 112 Å². The minimum atomic E-state index is -0.0116. The van der Waals surface area contributed by atoms with Crippen molar-refractivity contribution in [2.75, 3.05) is 9.80 Å². The fourth-order valence-electron chi connectivity index (χ4n) is 15.7. The molecule has 72 heavy (non-hydrogen) atoms. The number of hydrogen-bond donors (Lipinski definition) is 0. The summed E-state index contributed by atoms with van der Waals surface area (Å²) in [5.74, 6) is 0. The highest BCUT2D eigenvalue weighted by Crippen LogP contribution is 2.65. The third-order valence-corrected chi connectivity index (χ3v) is 19.5. The van der Waals surface area contributed by atoms with Gasteiger partial charge in [0.25, 0.3) is 0 Å². The molecule has 2 heteroatoms. The SMILES string of the molecule is Cc1cc(-c2ccc3c(-c4ccccc4)c4cc(-c5cc(C)c6c(c5C)N(c5ccccc5)C5(C)CCCCC65C)ccc4c(-c4ccccc4)c3c2)c(C)c2c1N(c1ccccc1)C1(C)CCCCC21C. The van der Waals surface area contributed by atoms with Gasteiger partial charge < -0.3 is 9.80 Å². The molecule has 2 fully saturated rings. The van der Waals surface area contributed by atoms with Gasteiger partial charge in [0.15, 0.2) is 0 Å². The van der Waals surface area contributed by atoms with E-state index in [1.165, 1.54) is 162 Å². The Morgan fingerprint density at radius 1 is 0.347 bits per heavy atom. The maximum Gasteiger partial charge on any atom is 0.0518 e. The summed E-state index contributed by atoms with van der Waals surface area (Å²) in [6, 6.07) is 64.8. The lowest BCUT2D eigenvalue weighted by Gasteiger charge is -2.50. The summed E-state index contributed by atoms with van der Waals surface area (Å²) < 4.78 is 0. The van der Waals surface area contributed by atoms with Crippen LogP contribution in [0.3, 0.4) is 0 Å². The Hall–Kier alpha value is -6.90. The van der Waals surface area contributed by atoms with E-state index in [1.54, 1.807) is 11.1 Å². The molecule has 358 valence electrons. The van der Waals surface area contributed by atoms with Crippen molar-refractivity contribution in [1.29, 1.82) is 0 Å². The van der Waals surface area contributed by atoms with Crippen LogP contribution in [-0.2, 0) is 10.8 Å². The molecule has 0 saturated heterocycles. The molecule has 0 aromatic heterocycles. The molecule has 0 radical (unpaired) electrons. The van der Waals surface area contributed by atoms with E-state index in [0.717, 1.165) is 0 Å². The summed E-state index contributed by atoms with van der Waals surface area (Å²) in [6.45, 7) is 19.9. The lowest BCUT2D eigenvalue weighted by molar-refractivity contribution is 0.194. The van der Waals surface area contributed by atoms with E-state index < -0.39 is 0 Å². The van der Waals surface area contributed by atoms with Gasteiger partial charge in [-0.1, -0.05) is 167 Å². The summed E-state index contributed by atoms with van der Waals surface area (Å²) in [5, 5.41) is 5.15. The molecule has 4 atom stereocenters. The maximum atomic E-state index is 2.76. The van der Waals surface area contributed by atoms with E-state index in [1.807, 2.05) is 0 Å². The summed E-state index contributed by atoms with van der Waals surface area (Å²) in [5.41, 5.74) is 24.5. The summed E-state index contributed by atoms with van der Waals surface area (Å²) >= 11 is 0. The van der Waals surface area contributed by atoms with E-state index in [-0.39, 0.29) is 21.9 Å². The highest BCUT2D eigenvalue weighted by molar-refractivity contribution is 6.22. The second kappa shape index (κ2) is 16.3. The third-order valence-electron chi connectivity index (χ3n) is 19.5. The number of fused-ring (bicyclic) bond motifs is 8. The standard InChI is InChI=1S/C70H68N2/c1-45-41-58(48(4)66-63(45)67(5)37-21-23-39-69(67,7)72(66)54-31-19-12-20-32-54)52-34-36-56-60(44-52)62(50-27-15-10-16-28-50)55-35-33-51(43-59(55)61(56)49-25-13-9-14-26-49)57-42-46(2)65-64(47(57)3)68(6)38-22-24-40-70(68,8)71(65)53-29-17-11-18-30-53/h9-20,25-36,41-44H,21-24,37-40H2,1-8H3. The number of benzene rings is 9. The van der Waals surface area contributed by atoms with Crippen molar-refractivity contribution in [3.63, 3.8) is 0 Å². The minimum absolute atomic E-state index is 0.0107. The van der Waals surface area contributed by atoms with E-state index in [9.17, 15) is 0 Å². The van der Waals surface area contributed by atoms with E-state index in [4.69, 9.17) is 0 Å². The van der Waals surface area contributed by atoms with E-state index >= 15 is 0 Å². The molecular formula is C70H68N2. The average molecular weight is 937 g/mol. The Morgan fingerprint density at radius 2 is 0.750 bits per heavy atom. The van der Waals surface area contributed by atoms with Crippen molar-refractivity contribution < 1.29 is 0 Å². The monoisotopic (exact) mass is 937 g/mol. The van der Waals surface area contributed by atoms with Crippen molar-refractivity contribution in [2.45, 2.75) is 129 Å². The van der Waals surface area contributed by atoms with Crippen LogP contribution in [-0.4, -0.2) is 11.1 Å². The Balaban J connectivity index is 1.05. The van der Waals surface area contributed by atoms with Gasteiger partial charge in [-0.25, -0.2) is 0 Å². The van der Waals surface area contributed by atoms with Crippen LogP contribution >= 0.6 is 0 Å². The highest BCUT2D eigenvalue weighted by Gasteiger charge is 2.60. The molecule has 0 amide bonds. The first kappa shape index (κ1) is 45.0. The summed E-state index contributed by atoms with van der Waals surface area (Å²) in [4.78, 5) is 5.51. The molecule has 2 aliphatic heterocycles. The number of rotatable bonds is 6. The Morgan fingerprint density at radius 3 is 1.24 bits per heavy atom. The number of para-hydroxylation sites is 2. The number of nitrogens with zero attached hydrogens (tertiary/aromatic N) is 2. The molecule has 4 unspecified atom stereocenters. The van der Waals surface area contributed by atoms with Crippen molar-refractivity contribution in [1.82, 2.24) is 0 Å². The van der Waals surface area contributed by atoms with Crippen molar-refractivity contribution >= 4 is 44.3 Å². The van der Waals surface area contributed by atoms with Crippen LogP contribution in [0, 0.1) is 27.7 Å². The fraction of sp³-hybridized carbons (Fsp3) is 0.286. The Labute approximate surface area is 428 Å². The molecule has 0 bridgehead atoms. The van der Waals surface area contributed by atoms with Gasteiger partial charge in [0.1, 0.15) is 0 Å².